The van der Waals surface area contributed by atoms with Gasteiger partial charge < -0.3 is 5.32 Å². The predicted molar refractivity (Wildman–Crippen MR) is 68.1 cm³/mol. The summed E-state index contributed by atoms with van der Waals surface area (Å²) < 4.78 is 13.3. The van der Waals surface area contributed by atoms with Crippen molar-refractivity contribution in [1.82, 2.24) is 4.98 Å². The standard InChI is InChI=1S/C14H12FN3/c1-9-3-5-11(6-4-9)17-14-12(8-16)10(2)7-13(15)18-14/h3-7H,1-2H3,(H,17,18). The molecule has 3 nitrogen and oxygen atoms in total. The Bertz CT molecular complexity index is 612. The summed E-state index contributed by atoms with van der Waals surface area (Å²) in [6, 6.07) is 10.9. The molecule has 2 aromatic rings. The topological polar surface area (TPSA) is 48.7 Å². The molecule has 0 atom stereocenters. The Morgan fingerprint density at radius 3 is 2.50 bits per heavy atom. The van der Waals surface area contributed by atoms with E-state index < -0.39 is 5.95 Å². The number of pyridine rings is 1. The SMILES string of the molecule is Cc1ccc(Nc2nc(F)cc(C)c2C#N)cc1. The van der Waals surface area contributed by atoms with Gasteiger partial charge in [0.05, 0.1) is 5.56 Å². The molecule has 1 aromatic carbocycles. The predicted octanol–water partition coefficient (Wildman–Crippen LogP) is 3.45. The number of hydrogen-bond donors (Lipinski definition) is 1. The van der Waals surface area contributed by atoms with Gasteiger partial charge in [0.15, 0.2) is 5.82 Å². The van der Waals surface area contributed by atoms with Crippen LogP contribution in [0.3, 0.4) is 0 Å². The molecule has 1 N–H and O–H groups in total. The zero-order chi connectivity index (χ0) is 13.1. The van der Waals surface area contributed by atoms with Crippen molar-refractivity contribution in [2.45, 2.75) is 13.8 Å². The molecule has 0 aliphatic carbocycles. The number of aryl methyl sites for hydroxylation is 2. The van der Waals surface area contributed by atoms with Crippen LogP contribution in [0.1, 0.15) is 16.7 Å². The second-order valence-corrected chi connectivity index (χ2v) is 4.09. The van der Waals surface area contributed by atoms with E-state index in [1.54, 1.807) is 6.92 Å². The molecule has 0 saturated carbocycles. The van der Waals surface area contributed by atoms with E-state index in [0.717, 1.165) is 11.3 Å². The third kappa shape index (κ3) is 2.46. The molecule has 1 heterocycles. The summed E-state index contributed by atoms with van der Waals surface area (Å²) in [5, 5.41) is 12.0. The maximum atomic E-state index is 13.3. The van der Waals surface area contributed by atoms with Crippen molar-refractivity contribution in [3.05, 3.63) is 53.0 Å². The van der Waals surface area contributed by atoms with Crippen molar-refractivity contribution < 1.29 is 4.39 Å². The fourth-order valence-corrected chi connectivity index (χ4v) is 1.64. The highest BCUT2D eigenvalue weighted by Gasteiger charge is 2.09. The van der Waals surface area contributed by atoms with Gasteiger partial charge in [0.1, 0.15) is 6.07 Å². The lowest BCUT2D eigenvalue weighted by molar-refractivity contribution is 0.584. The largest absolute Gasteiger partial charge is 0.339 e. The first-order chi connectivity index (χ1) is 8.60. The van der Waals surface area contributed by atoms with Crippen LogP contribution in [-0.2, 0) is 0 Å². The van der Waals surface area contributed by atoms with Gasteiger partial charge in [-0.2, -0.15) is 9.65 Å². The van der Waals surface area contributed by atoms with Crippen LogP contribution >= 0.6 is 0 Å². The van der Waals surface area contributed by atoms with Crippen LogP contribution in [-0.4, -0.2) is 4.98 Å². The van der Waals surface area contributed by atoms with E-state index in [2.05, 4.69) is 10.3 Å². The Hall–Kier alpha value is -2.41. The molecule has 1 aromatic heterocycles. The van der Waals surface area contributed by atoms with Crippen molar-refractivity contribution in [3.8, 4) is 6.07 Å². The Morgan fingerprint density at radius 1 is 1.22 bits per heavy atom. The van der Waals surface area contributed by atoms with Crippen LogP contribution in [0.2, 0.25) is 0 Å². The van der Waals surface area contributed by atoms with Crippen molar-refractivity contribution in [3.63, 3.8) is 0 Å². The van der Waals surface area contributed by atoms with E-state index in [1.165, 1.54) is 6.07 Å². The molecule has 90 valence electrons. The molecule has 0 fully saturated rings. The second kappa shape index (κ2) is 4.84. The Morgan fingerprint density at radius 2 is 1.89 bits per heavy atom. The first-order valence-electron chi connectivity index (χ1n) is 5.51. The number of hydrogen-bond acceptors (Lipinski definition) is 3. The van der Waals surface area contributed by atoms with Crippen LogP contribution in [0.5, 0.6) is 0 Å². The molecule has 0 aliphatic rings. The number of halogens is 1. The minimum absolute atomic E-state index is 0.249. The van der Waals surface area contributed by atoms with Gasteiger partial charge in [-0.3, -0.25) is 0 Å². The summed E-state index contributed by atoms with van der Waals surface area (Å²) in [7, 11) is 0. The van der Waals surface area contributed by atoms with Gasteiger partial charge in [-0.1, -0.05) is 17.7 Å². The molecular formula is C14H12FN3. The maximum absolute atomic E-state index is 13.3. The van der Waals surface area contributed by atoms with Crippen LogP contribution in [0.4, 0.5) is 15.9 Å². The highest BCUT2D eigenvalue weighted by Crippen LogP contribution is 2.21. The Labute approximate surface area is 105 Å². The van der Waals surface area contributed by atoms with Crippen LogP contribution in [0.25, 0.3) is 0 Å². The van der Waals surface area contributed by atoms with E-state index in [1.807, 2.05) is 37.3 Å². The highest BCUT2D eigenvalue weighted by molar-refractivity contribution is 5.64. The Kier molecular flexibility index (Phi) is 3.24. The fraction of sp³-hybridized carbons (Fsp3) is 0.143. The molecule has 2 rings (SSSR count). The van der Waals surface area contributed by atoms with Crippen LogP contribution in [0, 0.1) is 31.1 Å². The van der Waals surface area contributed by atoms with Gasteiger partial charge in [0, 0.05) is 5.69 Å². The minimum atomic E-state index is -0.596. The lowest BCUT2D eigenvalue weighted by Gasteiger charge is -2.09. The minimum Gasteiger partial charge on any atom is -0.339 e. The van der Waals surface area contributed by atoms with Gasteiger partial charge in [-0.25, -0.2) is 4.98 Å². The average molecular weight is 241 g/mol. The first kappa shape index (κ1) is 12.1. The quantitative estimate of drug-likeness (QED) is 0.819. The molecule has 0 unspecified atom stereocenters. The lowest BCUT2D eigenvalue weighted by Crippen LogP contribution is -2.01. The third-order valence-electron chi connectivity index (χ3n) is 2.61. The van der Waals surface area contributed by atoms with E-state index in [9.17, 15) is 4.39 Å². The Balaban J connectivity index is 2.40. The normalized spacial score (nSPS) is 9.89. The monoisotopic (exact) mass is 241 g/mol. The van der Waals surface area contributed by atoms with E-state index >= 15 is 0 Å². The number of rotatable bonds is 2. The van der Waals surface area contributed by atoms with Gasteiger partial charge in [-0.05, 0) is 37.6 Å². The molecular weight excluding hydrogens is 229 g/mol. The molecule has 0 aliphatic heterocycles. The zero-order valence-corrected chi connectivity index (χ0v) is 10.2. The second-order valence-electron chi connectivity index (χ2n) is 4.09. The van der Waals surface area contributed by atoms with Crippen molar-refractivity contribution >= 4 is 11.5 Å². The maximum Gasteiger partial charge on any atom is 0.215 e. The number of nitrogens with zero attached hydrogens (tertiary/aromatic N) is 2. The van der Waals surface area contributed by atoms with Crippen molar-refractivity contribution in [1.29, 1.82) is 5.26 Å². The summed E-state index contributed by atoms with van der Waals surface area (Å²) in [4.78, 5) is 3.72. The fourth-order valence-electron chi connectivity index (χ4n) is 1.64. The summed E-state index contributed by atoms with van der Waals surface area (Å²) >= 11 is 0. The number of aromatic nitrogens is 1. The third-order valence-corrected chi connectivity index (χ3v) is 2.61. The van der Waals surface area contributed by atoms with Crippen LogP contribution in [0.15, 0.2) is 30.3 Å². The number of benzene rings is 1. The molecule has 4 heteroatoms. The highest BCUT2D eigenvalue weighted by atomic mass is 19.1. The lowest BCUT2D eigenvalue weighted by atomic mass is 10.1. The molecule has 0 radical (unpaired) electrons. The number of nitrogens with one attached hydrogen (secondary N) is 1. The molecule has 0 saturated heterocycles. The summed E-state index contributed by atoms with van der Waals surface area (Å²) in [6.07, 6.45) is 0. The molecule has 0 bridgehead atoms. The van der Waals surface area contributed by atoms with Gasteiger partial charge >= 0.3 is 0 Å². The van der Waals surface area contributed by atoms with Crippen molar-refractivity contribution in [2.75, 3.05) is 5.32 Å². The summed E-state index contributed by atoms with van der Waals surface area (Å²) in [5.74, 6) is -0.347. The smallest absolute Gasteiger partial charge is 0.215 e. The average Bonchev–Trinajstić information content (AvgIpc) is 2.32. The van der Waals surface area contributed by atoms with Crippen LogP contribution < -0.4 is 5.32 Å². The summed E-state index contributed by atoms with van der Waals surface area (Å²) in [5.41, 5.74) is 2.83. The van der Waals surface area contributed by atoms with Gasteiger partial charge in [0.25, 0.3) is 0 Å². The van der Waals surface area contributed by atoms with Crippen molar-refractivity contribution in [2.24, 2.45) is 0 Å². The van der Waals surface area contributed by atoms with Gasteiger partial charge in [0.2, 0.25) is 5.95 Å². The van der Waals surface area contributed by atoms with Gasteiger partial charge in [-0.15, -0.1) is 0 Å². The summed E-state index contributed by atoms with van der Waals surface area (Å²) in [6.45, 7) is 3.67. The first-order valence-corrected chi connectivity index (χ1v) is 5.51. The van der Waals surface area contributed by atoms with E-state index in [-0.39, 0.29) is 5.82 Å². The number of anilines is 2. The number of nitriles is 1. The molecule has 0 spiro atoms. The molecule has 0 amide bonds. The molecule has 18 heavy (non-hydrogen) atoms. The van der Waals surface area contributed by atoms with E-state index in [0.29, 0.717) is 11.1 Å². The van der Waals surface area contributed by atoms with E-state index in [4.69, 9.17) is 5.26 Å². The zero-order valence-electron chi connectivity index (χ0n) is 10.2.